The fourth-order valence-electron chi connectivity index (χ4n) is 2.29. The molecule has 0 radical (unpaired) electrons. The number of amides is 1. The second-order valence-electron chi connectivity index (χ2n) is 5.52. The maximum atomic E-state index is 12.6. The number of phenolic OH excluding ortho intramolecular Hbond substituents is 1. The molecule has 0 saturated carbocycles. The van der Waals surface area contributed by atoms with E-state index in [9.17, 15) is 14.7 Å². The number of para-hydroxylation sites is 2. The number of thioether (sulfide) groups is 1. The highest BCUT2D eigenvalue weighted by Gasteiger charge is 2.32. The molecule has 1 fully saturated rings. The number of carbonyl (C=O) groups excluding carboxylic acids is 1. The largest absolute Gasteiger partial charge is 0.507 e. The smallest absolute Gasteiger partial charge is 0.341 e. The van der Waals surface area contributed by atoms with Crippen LogP contribution >= 0.6 is 24.0 Å². The van der Waals surface area contributed by atoms with E-state index < -0.39 is 18.5 Å². The molecule has 0 spiro atoms. The van der Waals surface area contributed by atoms with Crippen LogP contribution in [0.15, 0.2) is 58.5 Å². The fraction of sp³-hybridized carbons (Fsp3) is 0.0526. The van der Waals surface area contributed by atoms with E-state index in [1.165, 1.54) is 12.3 Å². The molecule has 142 valence electrons. The van der Waals surface area contributed by atoms with E-state index in [-0.39, 0.29) is 10.1 Å². The molecule has 28 heavy (non-hydrogen) atoms. The first-order valence-corrected chi connectivity index (χ1v) is 9.22. The molecule has 0 bridgehead atoms. The predicted octanol–water partition coefficient (Wildman–Crippen LogP) is 3.09. The number of hydrazone groups is 1. The van der Waals surface area contributed by atoms with Crippen LogP contribution < -0.4 is 4.74 Å². The minimum atomic E-state index is -1.10. The number of carboxylic acid groups (broad SMARTS) is 1. The molecule has 1 aliphatic heterocycles. The molecule has 2 aromatic carbocycles. The summed E-state index contributed by atoms with van der Waals surface area (Å²) in [7, 11) is 0. The molecule has 9 heteroatoms. The number of benzene rings is 2. The Morgan fingerprint density at radius 3 is 2.57 bits per heavy atom. The van der Waals surface area contributed by atoms with Gasteiger partial charge in [0, 0.05) is 11.1 Å². The van der Waals surface area contributed by atoms with Crippen molar-refractivity contribution in [3.05, 3.63) is 64.6 Å². The lowest BCUT2D eigenvalue weighted by Crippen LogP contribution is -2.22. The number of rotatable bonds is 6. The van der Waals surface area contributed by atoms with Gasteiger partial charge in [0.25, 0.3) is 5.91 Å². The maximum absolute atomic E-state index is 12.6. The van der Waals surface area contributed by atoms with Crippen molar-refractivity contribution in [1.82, 2.24) is 5.01 Å². The Balaban J connectivity index is 1.80. The van der Waals surface area contributed by atoms with Crippen molar-refractivity contribution in [3.8, 4) is 11.5 Å². The summed E-state index contributed by atoms with van der Waals surface area (Å²) in [5.74, 6) is -1.14. The van der Waals surface area contributed by atoms with E-state index in [4.69, 9.17) is 22.1 Å². The number of phenols is 1. The van der Waals surface area contributed by atoms with Crippen LogP contribution in [0.2, 0.25) is 0 Å². The Morgan fingerprint density at radius 1 is 1.18 bits per heavy atom. The standard InChI is InChI=1S/C19H14N2O5S2/c22-14-7-3-1-5-12(14)9-16-18(25)21(19(27)28-16)20-10-13-6-2-4-8-15(13)26-11-17(23)24/h1-10,22H,11H2,(H,23,24). The number of hydrogen-bond acceptors (Lipinski definition) is 7. The minimum Gasteiger partial charge on any atom is -0.507 e. The number of ether oxygens (including phenoxy) is 1. The zero-order chi connectivity index (χ0) is 20.1. The summed E-state index contributed by atoms with van der Waals surface area (Å²) in [6.07, 6.45) is 2.93. The lowest BCUT2D eigenvalue weighted by Gasteiger charge is -2.09. The molecule has 1 saturated heterocycles. The van der Waals surface area contributed by atoms with E-state index in [1.807, 2.05) is 0 Å². The summed E-state index contributed by atoms with van der Waals surface area (Å²) in [6.45, 7) is -0.491. The van der Waals surface area contributed by atoms with Crippen LogP contribution in [0.4, 0.5) is 0 Å². The van der Waals surface area contributed by atoms with Gasteiger partial charge in [0.15, 0.2) is 10.9 Å². The minimum absolute atomic E-state index is 0.0563. The molecular formula is C19H14N2O5S2. The number of carbonyl (C=O) groups is 2. The van der Waals surface area contributed by atoms with Gasteiger partial charge in [-0.15, -0.1) is 0 Å². The third-order valence-electron chi connectivity index (χ3n) is 3.58. The van der Waals surface area contributed by atoms with Gasteiger partial charge in [0.2, 0.25) is 0 Å². The van der Waals surface area contributed by atoms with Gasteiger partial charge in [-0.05, 0) is 36.5 Å². The van der Waals surface area contributed by atoms with Gasteiger partial charge in [-0.2, -0.15) is 10.1 Å². The van der Waals surface area contributed by atoms with Crippen LogP contribution in [0, 0.1) is 0 Å². The first-order valence-electron chi connectivity index (χ1n) is 7.99. The van der Waals surface area contributed by atoms with Crippen molar-refractivity contribution in [2.75, 3.05) is 6.61 Å². The molecule has 0 atom stereocenters. The molecule has 7 nitrogen and oxygen atoms in total. The number of aromatic hydroxyl groups is 1. The van der Waals surface area contributed by atoms with Crippen molar-refractivity contribution in [3.63, 3.8) is 0 Å². The van der Waals surface area contributed by atoms with Gasteiger partial charge in [0.05, 0.1) is 11.1 Å². The molecule has 0 aromatic heterocycles. The lowest BCUT2D eigenvalue weighted by molar-refractivity contribution is -0.139. The summed E-state index contributed by atoms with van der Waals surface area (Å²) in [5.41, 5.74) is 1.00. The summed E-state index contributed by atoms with van der Waals surface area (Å²) in [6, 6.07) is 13.4. The van der Waals surface area contributed by atoms with E-state index in [2.05, 4.69) is 5.10 Å². The van der Waals surface area contributed by atoms with Crippen molar-refractivity contribution in [1.29, 1.82) is 0 Å². The molecule has 1 aliphatic rings. The molecule has 1 heterocycles. The van der Waals surface area contributed by atoms with Crippen LogP contribution in [0.5, 0.6) is 11.5 Å². The SMILES string of the molecule is O=C(O)COc1ccccc1C=NN1C(=O)C(=Cc2ccccc2O)SC1=S. The second kappa shape index (κ2) is 8.68. The monoisotopic (exact) mass is 414 g/mol. The number of nitrogens with zero attached hydrogens (tertiary/aromatic N) is 2. The molecule has 0 unspecified atom stereocenters. The fourth-order valence-corrected chi connectivity index (χ4v) is 3.45. The van der Waals surface area contributed by atoms with Gasteiger partial charge >= 0.3 is 5.97 Å². The summed E-state index contributed by atoms with van der Waals surface area (Å²) >= 11 is 6.29. The van der Waals surface area contributed by atoms with Crippen LogP contribution in [0.3, 0.4) is 0 Å². The third-order valence-corrected chi connectivity index (χ3v) is 4.86. The van der Waals surface area contributed by atoms with Gasteiger partial charge < -0.3 is 14.9 Å². The van der Waals surface area contributed by atoms with E-state index in [0.29, 0.717) is 21.8 Å². The Kier molecular flexibility index (Phi) is 6.07. The van der Waals surface area contributed by atoms with Crippen molar-refractivity contribution in [2.24, 2.45) is 5.10 Å². The molecule has 3 rings (SSSR count). The number of thiocarbonyl (C=S) groups is 1. The van der Waals surface area contributed by atoms with Crippen LogP contribution in [0.1, 0.15) is 11.1 Å². The van der Waals surface area contributed by atoms with Gasteiger partial charge in [-0.25, -0.2) is 4.79 Å². The van der Waals surface area contributed by atoms with Crippen molar-refractivity contribution >= 4 is 52.5 Å². The Bertz CT molecular complexity index is 1000. The summed E-state index contributed by atoms with van der Waals surface area (Å²) in [5, 5.41) is 23.8. The van der Waals surface area contributed by atoms with Gasteiger partial charge in [-0.3, -0.25) is 4.79 Å². The molecular weight excluding hydrogens is 400 g/mol. The Hall–Kier alpha value is -3.17. The Morgan fingerprint density at radius 2 is 1.86 bits per heavy atom. The normalized spacial score (nSPS) is 15.6. The number of carboxylic acids is 1. The second-order valence-corrected chi connectivity index (χ2v) is 7.19. The Labute approximate surface area is 169 Å². The first-order chi connectivity index (χ1) is 13.5. The molecule has 0 aliphatic carbocycles. The third kappa shape index (κ3) is 4.56. The highest BCUT2D eigenvalue weighted by Crippen LogP contribution is 2.34. The highest BCUT2D eigenvalue weighted by molar-refractivity contribution is 8.26. The zero-order valence-corrected chi connectivity index (χ0v) is 15.9. The van der Waals surface area contributed by atoms with Gasteiger partial charge in [-0.1, -0.05) is 42.1 Å². The zero-order valence-electron chi connectivity index (χ0n) is 14.3. The summed E-state index contributed by atoms with van der Waals surface area (Å²) in [4.78, 5) is 23.6. The molecule has 1 amide bonds. The lowest BCUT2D eigenvalue weighted by atomic mass is 10.2. The average Bonchev–Trinajstić information content (AvgIpc) is 2.94. The van der Waals surface area contributed by atoms with E-state index in [1.54, 1.807) is 48.5 Å². The first kappa shape index (κ1) is 19.6. The topological polar surface area (TPSA) is 99.4 Å². The van der Waals surface area contributed by atoms with Gasteiger partial charge in [0.1, 0.15) is 11.5 Å². The highest BCUT2D eigenvalue weighted by atomic mass is 32.2. The van der Waals surface area contributed by atoms with Crippen molar-refractivity contribution in [2.45, 2.75) is 0 Å². The van der Waals surface area contributed by atoms with Crippen molar-refractivity contribution < 1.29 is 24.5 Å². The average molecular weight is 414 g/mol. The molecule has 2 aromatic rings. The number of hydrogen-bond donors (Lipinski definition) is 2. The van der Waals surface area contributed by atoms with Crippen LogP contribution in [-0.2, 0) is 9.59 Å². The number of aliphatic carboxylic acids is 1. The van der Waals surface area contributed by atoms with Crippen LogP contribution in [0.25, 0.3) is 6.08 Å². The quantitative estimate of drug-likeness (QED) is 0.426. The maximum Gasteiger partial charge on any atom is 0.341 e. The van der Waals surface area contributed by atoms with E-state index in [0.717, 1.165) is 16.8 Å². The predicted molar refractivity (Wildman–Crippen MR) is 110 cm³/mol. The van der Waals surface area contributed by atoms with E-state index >= 15 is 0 Å². The molecule has 2 N–H and O–H groups in total. The van der Waals surface area contributed by atoms with Crippen LogP contribution in [-0.4, -0.2) is 44.2 Å². The summed E-state index contributed by atoms with van der Waals surface area (Å²) < 4.78 is 5.45.